The van der Waals surface area contributed by atoms with E-state index in [0.717, 1.165) is 18.5 Å². The molecule has 0 bridgehead atoms. The number of carbonyl (C=O) groups is 2. The van der Waals surface area contributed by atoms with Gasteiger partial charge in [-0.1, -0.05) is 24.3 Å². The molecule has 5 nitrogen and oxygen atoms in total. The summed E-state index contributed by atoms with van der Waals surface area (Å²) in [6.45, 7) is 2.42. The van der Waals surface area contributed by atoms with E-state index in [1.165, 1.54) is 12.7 Å². The van der Waals surface area contributed by atoms with Crippen LogP contribution in [0.5, 0.6) is 0 Å². The molecule has 3 rings (SSSR count). The van der Waals surface area contributed by atoms with Gasteiger partial charge >= 0.3 is 5.97 Å². The highest BCUT2D eigenvalue weighted by Crippen LogP contribution is 2.30. The maximum atomic E-state index is 12.5. The third-order valence-electron chi connectivity index (χ3n) is 4.55. The van der Waals surface area contributed by atoms with Crippen molar-refractivity contribution in [2.45, 2.75) is 25.8 Å². The Bertz CT molecular complexity index is 788. The zero-order valence-corrected chi connectivity index (χ0v) is 14.5. The summed E-state index contributed by atoms with van der Waals surface area (Å²) in [4.78, 5) is 26.3. The average Bonchev–Trinajstić information content (AvgIpc) is 2.63. The number of anilines is 2. The number of methoxy groups -OCH3 is 1. The first-order chi connectivity index (χ1) is 12.1. The summed E-state index contributed by atoms with van der Waals surface area (Å²) in [5.74, 6) is -0.528. The Balaban J connectivity index is 1.72. The molecule has 0 aliphatic carbocycles. The summed E-state index contributed by atoms with van der Waals surface area (Å²) in [5.41, 5.74) is 3.41. The van der Waals surface area contributed by atoms with Crippen LogP contribution in [-0.4, -0.2) is 31.6 Å². The van der Waals surface area contributed by atoms with Crippen molar-refractivity contribution in [2.75, 3.05) is 23.9 Å². The molecular weight excluding hydrogens is 316 g/mol. The van der Waals surface area contributed by atoms with Gasteiger partial charge in [-0.25, -0.2) is 4.79 Å². The van der Waals surface area contributed by atoms with Crippen LogP contribution < -0.4 is 10.2 Å². The fourth-order valence-corrected chi connectivity index (χ4v) is 3.20. The molecule has 2 aromatic rings. The molecule has 1 heterocycles. The number of esters is 1. The smallest absolute Gasteiger partial charge is 0.337 e. The van der Waals surface area contributed by atoms with E-state index in [0.29, 0.717) is 17.3 Å². The second kappa shape index (κ2) is 7.38. The Morgan fingerprint density at radius 2 is 2.00 bits per heavy atom. The van der Waals surface area contributed by atoms with Crippen LogP contribution in [0.3, 0.4) is 0 Å². The quantitative estimate of drug-likeness (QED) is 0.870. The van der Waals surface area contributed by atoms with Gasteiger partial charge in [-0.3, -0.25) is 4.79 Å². The topological polar surface area (TPSA) is 58.6 Å². The van der Waals surface area contributed by atoms with Crippen molar-refractivity contribution >= 4 is 23.3 Å². The third kappa shape index (κ3) is 3.82. The second-order valence-corrected chi connectivity index (χ2v) is 6.26. The summed E-state index contributed by atoms with van der Waals surface area (Å²) in [7, 11) is 1.34. The fourth-order valence-electron chi connectivity index (χ4n) is 3.20. The molecule has 130 valence electrons. The largest absolute Gasteiger partial charge is 0.465 e. The Labute approximate surface area is 147 Å². The summed E-state index contributed by atoms with van der Waals surface area (Å²) in [6, 6.07) is 15.3. The molecule has 0 spiro atoms. The number of carbonyl (C=O) groups excluding carboxylic acids is 2. The Morgan fingerprint density at radius 1 is 1.20 bits per heavy atom. The van der Waals surface area contributed by atoms with Gasteiger partial charge in [-0.2, -0.15) is 0 Å². The van der Waals surface area contributed by atoms with Crippen LogP contribution in [0, 0.1) is 0 Å². The van der Waals surface area contributed by atoms with Gasteiger partial charge in [0.25, 0.3) is 0 Å². The van der Waals surface area contributed by atoms with Crippen LogP contribution in [0.25, 0.3) is 0 Å². The number of para-hydroxylation sites is 1. The third-order valence-corrected chi connectivity index (χ3v) is 4.55. The number of benzene rings is 2. The van der Waals surface area contributed by atoms with Crippen LogP contribution in [0.2, 0.25) is 0 Å². The van der Waals surface area contributed by atoms with Gasteiger partial charge in [0.05, 0.1) is 19.2 Å². The van der Waals surface area contributed by atoms with Crippen LogP contribution in [0.15, 0.2) is 48.5 Å². The van der Waals surface area contributed by atoms with E-state index in [1.54, 1.807) is 24.3 Å². The number of ether oxygens (including phenoxy) is 1. The van der Waals surface area contributed by atoms with Crippen LogP contribution in [0.1, 0.15) is 29.3 Å². The molecule has 0 radical (unpaired) electrons. The number of nitrogens with zero attached hydrogens (tertiary/aromatic N) is 1. The lowest BCUT2D eigenvalue weighted by molar-refractivity contribution is -0.115. The minimum atomic E-state index is -0.422. The molecule has 0 saturated carbocycles. The van der Waals surface area contributed by atoms with Crippen molar-refractivity contribution in [3.8, 4) is 0 Å². The molecule has 1 amide bonds. The lowest BCUT2D eigenvalue weighted by Crippen LogP contribution is -2.42. The van der Waals surface area contributed by atoms with Crippen molar-refractivity contribution in [1.29, 1.82) is 0 Å². The number of rotatable bonds is 4. The van der Waals surface area contributed by atoms with Crippen molar-refractivity contribution in [3.63, 3.8) is 0 Å². The molecule has 1 aliphatic rings. The molecule has 1 unspecified atom stereocenters. The molecule has 0 saturated heterocycles. The Hall–Kier alpha value is -2.82. The van der Waals surface area contributed by atoms with E-state index in [1.807, 2.05) is 12.1 Å². The number of amides is 1. The molecule has 5 heteroatoms. The summed E-state index contributed by atoms with van der Waals surface area (Å²) < 4.78 is 4.71. The van der Waals surface area contributed by atoms with E-state index in [-0.39, 0.29) is 12.5 Å². The lowest BCUT2D eigenvalue weighted by atomic mass is 9.96. The highest BCUT2D eigenvalue weighted by molar-refractivity contribution is 5.96. The maximum absolute atomic E-state index is 12.5. The maximum Gasteiger partial charge on any atom is 0.337 e. The Kier molecular flexibility index (Phi) is 5.03. The van der Waals surface area contributed by atoms with E-state index in [4.69, 9.17) is 4.74 Å². The standard InChI is InChI=1S/C20H22N2O3/c1-14-10-11-15-6-3-4-9-18(15)22(14)13-19(23)21-17-8-5-7-16(12-17)20(24)25-2/h3-9,12,14H,10-11,13H2,1-2H3,(H,21,23). The van der Waals surface area contributed by atoms with Crippen molar-refractivity contribution in [2.24, 2.45) is 0 Å². The number of hydrogen-bond donors (Lipinski definition) is 1. The predicted octanol–water partition coefficient (Wildman–Crippen LogP) is 3.25. The minimum Gasteiger partial charge on any atom is -0.465 e. The molecular formula is C20H22N2O3. The van der Waals surface area contributed by atoms with Crippen molar-refractivity contribution in [1.82, 2.24) is 0 Å². The summed E-state index contributed by atoms with van der Waals surface area (Å²) in [5, 5.41) is 2.87. The SMILES string of the molecule is COC(=O)c1cccc(NC(=O)CN2c3ccccc3CCC2C)c1. The van der Waals surface area contributed by atoms with E-state index >= 15 is 0 Å². The molecule has 1 N–H and O–H groups in total. The lowest BCUT2D eigenvalue weighted by Gasteiger charge is -2.36. The monoisotopic (exact) mass is 338 g/mol. The average molecular weight is 338 g/mol. The highest BCUT2D eigenvalue weighted by atomic mass is 16.5. The van der Waals surface area contributed by atoms with Gasteiger partial charge in [0.15, 0.2) is 0 Å². The number of hydrogen-bond acceptors (Lipinski definition) is 4. The molecule has 0 aromatic heterocycles. The second-order valence-electron chi connectivity index (χ2n) is 6.26. The molecule has 1 atom stereocenters. The van der Waals surface area contributed by atoms with Crippen LogP contribution in [-0.2, 0) is 16.0 Å². The zero-order chi connectivity index (χ0) is 17.8. The predicted molar refractivity (Wildman–Crippen MR) is 98.0 cm³/mol. The fraction of sp³-hybridized carbons (Fsp3) is 0.300. The highest BCUT2D eigenvalue weighted by Gasteiger charge is 2.24. The molecule has 1 aliphatic heterocycles. The molecule has 2 aromatic carbocycles. The molecule has 25 heavy (non-hydrogen) atoms. The van der Waals surface area contributed by atoms with Gasteiger partial charge in [0, 0.05) is 17.4 Å². The first-order valence-corrected chi connectivity index (χ1v) is 8.41. The number of nitrogens with one attached hydrogen (secondary N) is 1. The van der Waals surface area contributed by atoms with Gasteiger partial charge < -0.3 is 15.0 Å². The normalized spacial score (nSPS) is 16.1. The van der Waals surface area contributed by atoms with Crippen molar-refractivity contribution in [3.05, 3.63) is 59.7 Å². The van der Waals surface area contributed by atoms with Gasteiger partial charge in [0.1, 0.15) is 0 Å². The Morgan fingerprint density at radius 3 is 2.80 bits per heavy atom. The summed E-state index contributed by atoms with van der Waals surface area (Å²) >= 11 is 0. The van der Waals surface area contributed by atoms with Crippen LogP contribution >= 0.6 is 0 Å². The van der Waals surface area contributed by atoms with Gasteiger partial charge in [-0.15, -0.1) is 0 Å². The van der Waals surface area contributed by atoms with Gasteiger partial charge in [-0.05, 0) is 49.6 Å². The first-order valence-electron chi connectivity index (χ1n) is 8.41. The molecule has 0 fully saturated rings. The summed E-state index contributed by atoms with van der Waals surface area (Å²) in [6.07, 6.45) is 2.07. The van der Waals surface area contributed by atoms with Crippen molar-refractivity contribution < 1.29 is 14.3 Å². The zero-order valence-electron chi connectivity index (χ0n) is 14.5. The van der Waals surface area contributed by atoms with E-state index < -0.39 is 5.97 Å². The van der Waals surface area contributed by atoms with Gasteiger partial charge in [0.2, 0.25) is 5.91 Å². The van der Waals surface area contributed by atoms with Crippen LogP contribution in [0.4, 0.5) is 11.4 Å². The number of aryl methyl sites for hydroxylation is 1. The number of fused-ring (bicyclic) bond motifs is 1. The first kappa shape index (κ1) is 17.0. The van der Waals surface area contributed by atoms with E-state index in [9.17, 15) is 9.59 Å². The minimum absolute atomic E-state index is 0.106. The van der Waals surface area contributed by atoms with E-state index in [2.05, 4.69) is 29.3 Å².